The number of ether oxygens (including phenoxy) is 1. The molecule has 0 aromatic heterocycles. The van der Waals surface area contributed by atoms with Gasteiger partial charge in [0.05, 0.1) is 12.0 Å². The van der Waals surface area contributed by atoms with Crippen molar-refractivity contribution >= 4 is 17.6 Å². The lowest BCUT2D eigenvalue weighted by Gasteiger charge is -2.19. The SMILES string of the molecule is CC(C)(C)OCC(=O)Nc1cccc(CC(=O)O)c1. The molecular formula is C14H19NO4. The van der Waals surface area contributed by atoms with E-state index in [-0.39, 0.29) is 24.5 Å². The molecule has 1 rings (SSSR count). The predicted molar refractivity (Wildman–Crippen MR) is 72.1 cm³/mol. The topological polar surface area (TPSA) is 75.6 Å². The van der Waals surface area contributed by atoms with Crippen LogP contribution in [0.2, 0.25) is 0 Å². The first-order chi connectivity index (χ1) is 8.76. The van der Waals surface area contributed by atoms with Crippen molar-refractivity contribution in [2.75, 3.05) is 11.9 Å². The molecule has 2 N–H and O–H groups in total. The van der Waals surface area contributed by atoms with Gasteiger partial charge >= 0.3 is 5.97 Å². The highest BCUT2D eigenvalue weighted by Crippen LogP contribution is 2.12. The minimum atomic E-state index is -0.903. The molecule has 0 saturated heterocycles. The zero-order chi connectivity index (χ0) is 14.5. The Morgan fingerprint density at radius 1 is 1.32 bits per heavy atom. The number of carboxylic acid groups (broad SMARTS) is 1. The minimum Gasteiger partial charge on any atom is -0.481 e. The molecule has 5 heteroatoms. The van der Waals surface area contributed by atoms with Gasteiger partial charge in [0.1, 0.15) is 6.61 Å². The van der Waals surface area contributed by atoms with Crippen LogP contribution in [0.4, 0.5) is 5.69 Å². The summed E-state index contributed by atoms with van der Waals surface area (Å²) in [7, 11) is 0. The van der Waals surface area contributed by atoms with E-state index in [2.05, 4.69) is 5.32 Å². The summed E-state index contributed by atoms with van der Waals surface area (Å²) in [5, 5.41) is 11.4. The van der Waals surface area contributed by atoms with E-state index in [4.69, 9.17) is 9.84 Å². The van der Waals surface area contributed by atoms with Crippen LogP contribution in [0.15, 0.2) is 24.3 Å². The van der Waals surface area contributed by atoms with Crippen LogP contribution in [0.3, 0.4) is 0 Å². The van der Waals surface area contributed by atoms with Gasteiger partial charge in [-0.05, 0) is 38.5 Å². The number of aliphatic carboxylic acids is 1. The standard InChI is InChI=1S/C14H19NO4/c1-14(2,3)19-9-12(16)15-11-6-4-5-10(7-11)8-13(17)18/h4-7H,8-9H2,1-3H3,(H,15,16)(H,17,18). The first-order valence-electron chi connectivity index (χ1n) is 6.01. The monoisotopic (exact) mass is 265 g/mol. The molecule has 0 aliphatic heterocycles. The Hall–Kier alpha value is -1.88. The molecule has 19 heavy (non-hydrogen) atoms. The maximum Gasteiger partial charge on any atom is 0.307 e. The summed E-state index contributed by atoms with van der Waals surface area (Å²) in [6.45, 7) is 5.57. The third-order valence-electron chi connectivity index (χ3n) is 2.20. The van der Waals surface area contributed by atoms with Gasteiger partial charge in [0.15, 0.2) is 0 Å². The summed E-state index contributed by atoms with van der Waals surface area (Å²) in [6.07, 6.45) is -0.0673. The molecular weight excluding hydrogens is 246 g/mol. The second-order valence-electron chi connectivity index (χ2n) is 5.22. The van der Waals surface area contributed by atoms with Gasteiger partial charge in [-0.3, -0.25) is 9.59 Å². The molecule has 0 saturated carbocycles. The molecule has 0 atom stereocenters. The van der Waals surface area contributed by atoms with Crippen LogP contribution in [0.1, 0.15) is 26.3 Å². The van der Waals surface area contributed by atoms with Crippen molar-refractivity contribution in [1.82, 2.24) is 0 Å². The van der Waals surface area contributed by atoms with Crippen LogP contribution < -0.4 is 5.32 Å². The Bertz CT molecular complexity index is 463. The fourth-order valence-electron chi connectivity index (χ4n) is 1.41. The smallest absolute Gasteiger partial charge is 0.307 e. The molecule has 0 spiro atoms. The molecule has 1 amide bonds. The van der Waals surface area contributed by atoms with Crippen LogP contribution in [-0.4, -0.2) is 29.2 Å². The summed E-state index contributed by atoms with van der Waals surface area (Å²) < 4.78 is 5.35. The molecule has 1 aromatic rings. The molecule has 0 bridgehead atoms. The van der Waals surface area contributed by atoms with Crippen molar-refractivity contribution in [3.63, 3.8) is 0 Å². The molecule has 5 nitrogen and oxygen atoms in total. The van der Waals surface area contributed by atoms with Crippen molar-refractivity contribution < 1.29 is 19.4 Å². The Kier molecular flexibility index (Phi) is 5.06. The van der Waals surface area contributed by atoms with Crippen LogP contribution in [0.5, 0.6) is 0 Å². The van der Waals surface area contributed by atoms with E-state index in [9.17, 15) is 9.59 Å². The van der Waals surface area contributed by atoms with E-state index in [1.54, 1.807) is 24.3 Å². The molecule has 0 fully saturated rings. The highest BCUT2D eigenvalue weighted by Gasteiger charge is 2.13. The molecule has 104 valence electrons. The number of anilines is 1. The van der Waals surface area contributed by atoms with Gasteiger partial charge < -0.3 is 15.2 Å². The van der Waals surface area contributed by atoms with Gasteiger partial charge in [0.2, 0.25) is 5.91 Å². The highest BCUT2D eigenvalue weighted by atomic mass is 16.5. The zero-order valence-corrected chi connectivity index (χ0v) is 11.4. The lowest BCUT2D eigenvalue weighted by Crippen LogP contribution is -2.27. The van der Waals surface area contributed by atoms with Crippen LogP contribution in [-0.2, 0) is 20.7 Å². The highest BCUT2D eigenvalue weighted by molar-refractivity contribution is 5.91. The second-order valence-corrected chi connectivity index (χ2v) is 5.22. The molecule has 0 aliphatic rings. The van der Waals surface area contributed by atoms with E-state index >= 15 is 0 Å². The van der Waals surface area contributed by atoms with Gasteiger partial charge in [0, 0.05) is 5.69 Å². The average Bonchev–Trinajstić information content (AvgIpc) is 2.25. The first kappa shape index (κ1) is 15.2. The van der Waals surface area contributed by atoms with Gasteiger partial charge in [-0.2, -0.15) is 0 Å². The third kappa shape index (κ3) is 6.57. The maximum absolute atomic E-state index is 11.6. The number of nitrogens with one attached hydrogen (secondary N) is 1. The van der Waals surface area contributed by atoms with E-state index in [0.717, 1.165) is 0 Å². The second kappa shape index (κ2) is 6.33. The zero-order valence-electron chi connectivity index (χ0n) is 11.4. The Morgan fingerprint density at radius 2 is 2.00 bits per heavy atom. The normalized spacial score (nSPS) is 11.1. The van der Waals surface area contributed by atoms with Crippen molar-refractivity contribution in [2.45, 2.75) is 32.8 Å². The van der Waals surface area contributed by atoms with Crippen molar-refractivity contribution in [2.24, 2.45) is 0 Å². The largest absolute Gasteiger partial charge is 0.481 e. The summed E-state index contributed by atoms with van der Waals surface area (Å²) in [4.78, 5) is 22.2. The summed E-state index contributed by atoms with van der Waals surface area (Å²) in [6, 6.07) is 6.76. The molecule has 0 aliphatic carbocycles. The fraction of sp³-hybridized carbons (Fsp3) is 0.429. The number of carbonyl (C=O) groups excluding carboxylic acids is 1. The first-order valence-corrected chi connectivity index (χ1v) is 6.01. The number of carbonyl (C=O) groups is 2. The maximum atomic E-state index is 11.6. The van der Waals surface area contributed by atoms with Crippen molar-refractivity contribution in [3.05, 3.63) is 29.8 Å². The fourth-order valence-corrected chi connectivity index (χ4v) is 1.41. The Morgan fingerprint density at radius 3 is 2.58 bits per heavy atom. The number of amides is 1. The van der Waals surface area contributed by atoms with Gasteiger partial charge in [-0.25, -0.2) is 0 Å². The summed E-state index contributed by atoms with van der Waals surface area (Å²) in [5.41, 5.74) is 0.839. The summed E-state index contributed by atoms with van der Waals surface area (Å²) in [5.74, 6) is -1.16. The summed E-state index contributed by atoms with van der Waals surface area (Å²) >= 11 is 0. The van der Waals surface area contributed by atoms with E-state index in [1.165, 1.54) is 0 Å². The number of carboxylic acids is 1. The lowest BCUT2D eigenvalue weighted by atomic mass is 10.1. The van der Waals surface area contributed by atoms with Gasteiger partial charge in [-0.1, -0.05) is 12.1 Å². The van der Waals surface area contributed by atoms with Crippen LogP contribution in [0.25, 0.3) is 0 Å². The quantitative estimate of drug-likeness (QED) is 0.854. The molecule has 0 radical (unpaired) electrons. The lowest BCUT2D eigenvalue weighted by molar-refractivity contribution is -0.136. The number of benzene rings is 1. The van der Waals surface area contributed by atoms with Crippen LogP contribution in [0, 0.1) is 0 Å². The van der Waals surface area contributed by atoms with E-state index in [1.807, 2.05) is 20.8 Å². The number of hydrogen-bond donors (Lipinski definition) is 2. The Labute approximate surface area is 112 Å². The Balaban J connectivity index is 2.57. The van der Waals surface area contributed by atoms with E-state index in [0.29, 0.717) is 11.3 Å². The number of rotatable bonds is 5. The minimum absolute atomic E-state index is 0.0351. The van der Waals surface area contributed by atoms with Gasteiger partial charge in [-0.15, -0.1) is 0 Å². The third-order valence-corrected chi connectivity index (χ3v) is 2.20. The van der Waals surface area contributed by atoms with Crippen molar-refractivity contribution in [3.8, 4) is 0 Å². The number of hydrogen-bond acceptors (Lipinski definition) is 3. The molecule has 0 unspecified atom stereocenters. The van der Waals surface area contributed by atoms with Crippen LogP contribution >= 0.6 is 0 Å². The predicted octanol–water partition coefficient (Wildman–Crippen LogP) is 2.07. The molecule has 1 aromatic carbocycles. The van der Waals surface area contributed by atoms with E-state index < -0.39 is 5.97 Å². The average molecular weight is 265 g/mol. The molecule has 0 heterocycles. The van der Waals surface area contributed by atoms with Gasteiger partial charge in [0.25, 0.3) is 0 Å². The van der Waals surface area contributed by atoms with Crippen molar-refractivity contribution in [1.29, 1.82) is 0 Å².